The van der Waals surface area contributed by atoms with Crippen molar-refractivity contribution in [2.24, 2.45) is 17.1 Å². The van der Waals surface area contributed by atoms with Gasteiger partial charge in [-0.1, -0.05) is 32.9 Å². The van der Waals surface area contributed by atoms with Gasteiger partial charge in [-0.05, 0) is 35.4 Å². The van der Waals surface area contributed by atoms with E-state index in [0.29, 0.717) is 12.0 Å². The molecule has 1 unspecified atom stereocenters. The molecular weight excluding hydrogens is 208 g/mol. The second kappa shape index (κ2) is 4.69. The number of benzene rings is 1. The van der Waals surface area contributed by atoms with Crippen LogP contribution in [0, 0.1) is 11.3 Å². The topological polar surface area (TPSA) is 29.3 Å². The Hall–Kier alpha value is -1.02. The summed E-state index contributed by atoms with van der Waals surface area (Å²) < 4.78 is 0. The van der Waals surface area contributed by atoms with Gasteiger partial charge in [-0.15, -0.1) is 0 Å². The molecule has 17 heavy (non-hydrogen) atoms. The monoisotopic (exact) mass is 232 g/mol. The van der Waals surface area contributed by atoms with Crippen LogP contribution in [0.1, 0.15) is 32.8 Å². The van der Waals surface area contributed by atoms with Crippen LogP contribution in [-0.2, 0) is 6.54 Å². The quantitative estimate of drug-likeness (QED) is 0.849. The van der Waals surface area contributed by atoms with Crippen molar-refractivity contribution < 1.29 is 0 Å². The third-order valence-corrected chi connectivity index (χ3v) is 3.95. The molecule has 0 amide bonds. The van der Waals surface area contributed by atoms with Gasteiger partial charge >= 0.3 is 0 Å². The van der Waals surface area contributed by atoms with Crippen molar-refractivity contribution in [3.63, 3.8) is 0 Å². The van der Waals surface area contributed by atoms with E-state index in [-0.39, 0.29) is 0 Å². The number of nitrogens with two attached hydrogens (primary N) is 1. The summed E-state index contributed by atoms with van der Waals surface area (Å²) in [4.78, 5) is 2.50. The summed E-state index contributed by atoms with van der Waals surface area (Å²) in [7, 11) is 0. The molecule has 2 heteroatoms. The van der Waals surface area contributed by atoms with Gasteiger partial charge in [0.25, 0.3) is 0 Å². The molecule has 1 fully saturated rings. The number of nitrogens with zero attached hydrogens (tertiary/aromatic N) is 1. The Morgan fingerprint density at radius 2 is 1.88 bits per heavy atom. The van der Waals surface area contributed by atoms with E-state index in [9.17, 15) is 0 Å². The number of hydrogen-bond donors (Lipinski definition) is 1. The van der Waals surface area contributed by atoms with E-state index in [1.54, 1.807) is 0 Å². The third-order valence-electron chi connectivity index (χ3n) is 3.95. The molecule has 94 valence electrons. The van der Waals surface area contributed by atoms with Gasteiger partial charge in [0.15, 0.2) is 0 Å². The van der Waals surface area contributed by atoms with Crippen LogP contribution in [0.3, 0.4) is 0 Å². The average Bonchev–Trinajstić information content (AvgIpc) is 2.78. The lowest BCUT2D eigenvalue weighted by Gasteiger charge is -2.27. The second-order valence-electron chi connectivity index (χ2n) is 6.17. The Kier molecular flexibility index (Phi) is 3.43. The molecule has 2 nitrogen and oxygen atoms in total. The number of hydrogen-bond acceptors (Lipinski definition) is 2. The summed E-state index contributed by atoms with van der Waals surface area (Å²) in [6.07, 6.45) is 1.31. The van der Waals surface area contributed by atoms with Crippen LogP contribution in [0.25, 0.3) is 0 Å². The third kappa shape index (κ3) is 2.81. The zero-order valence-electron chi connectivity index (χ0n) is 11.2. The summed E-state index contributed by atoms with van der Waals surface area (Å²) in [5.41, 5.74) is 8.59. The zero-order valence-corrected chi connectivity index (χ0v) is 11.2. The Balaban J connectivity index is 2.05. The van der Waals surface area contributed by atoms with E-state index >= 15 is 0 Å². The molecule has 0 saturated carbocycles. The Morgan fingerprint density at radius 3 is 2.35 bits per heavy atom. The minimum atomic E-state index is 0.423. The minimum absolute atomic E-state index is 0.423. The lowest BCUT2D eigenvalue weighted by atomic mass is 9.80. The molecule has 0 aliphatic carbocycles. The largest absolute Gasteiger partial charge is 0.371 e. The first-order chi connectivity index (χ1) is 8.00. The average molecular weight is 232 g/mol. The van der Waals surface area contributed by atoms with Gasteiger partial charge in [-0.2, -0.15) is 0 Å². The van der Waals surface area contributed by atoms with Crippen molar-refractivity contribution in [2.45, 2.75) is 33.7 Å². The Labute approximate surface area is 105 Å². The van der Waals surface area contributed by atoms with E-state index in [1.165, 1.54) is 30.8 Å². The highest BCUT2D eigenvalue weighted by molar-refractivity contribution is 5.48. The van der Waals surface area contributed by atoms with Crippen LogP contribution < -0.4 is 10.6 Å². The van der Waals surface area contributed by atoms with Crippen LogP contribution in [-0.4, -0.2) is 13.1 Å². The van der Waals surface area contributed by atoms with Crippen LogP contribution in [0.5, 0.6) is 0 Å². The van der Waals surface area contributed by atoms with Crippen LogP contribution in [0.2, 0.25) is 0 Å². The fourth-order valence-electron chi connectivity index (χ4n) is 2.54. The van der Waals surface area contributed by atoms with Crippen molar-refractivity contribution >= 4 is 5.69 Å². The van der Waals surface area contributed by atoms with Gasteiger partial charge in [0.1, 0.15) is 0 Å². The molecule has 1 heterocycles. The van der Waals surface area contributed by atoms with Gasteiger partial charge in [0.2, 0.25) is 0 Å². The van der Waals surface area contributed by atoms with Crippen molar-refractivity contribution in [1.29, 1.82) is 0 Å². The normalized spacial score (nSPS) is 20.9. The molecule has 0 bridgehead atoms. The van der Waals surface area contributed by atoms with Crippen LogP contribution in [0.15, 0.2) is 24.3 Å². The first-order valence-corrected chi connectivity index (χ1v) is 6.54. The molecule has 2 rings (SSSR count). The van der Waals surface area contributed by atoms with E-state index in [2.05, 4.69) is 49.9 Å². The standard InChI is InChI=1S/C15H24N2/c1-15(2,3)13-8-9-17(11-13)14-6-4-12(10-16)5-7-14/h4-7,13H,8-11,16H2,1-3H3. The number of anilines is 1. The predicted molar refractivity (Wildman–Crippen MR) is 74.1 cm³/mol. The van der Waals surface area contributed by atoms with E-state index in [1.807, 2.05) is 0 Å². The first kappa shape index (κ1) is 12.4. The first-order valence-electron chi connectivity index (χ1n) is 6.54. The molecule has 1 aliphatic heterocycles. The fourth-order valence-corrected chi connectivity index (χ4v) is 2.54. The summed E-state index contributed by atoms with van der Waals surface area (Å²) in [5.74, 6) is 0.802. The molecule has 0 spiro atoms. The molecule has 0 aromatic heterocycles. The lowest BCUT2D eigenvalue weighted by molar-refractivity contribution is 0.263. The highest BCUT2D eigenvalue weighted by Crippen LogP contribution is 2.35. The zero-order chi connectivity index (χ0) is 12.5. The molecule has 1 aromatic carbocycles. The fraction of sp³-hybridized carbons (Fsp3) is 0.600. The number of rotatable bonds is 2. The van der Waals surface area contributed by atoms with Crippen molar-refractivity contribution in [3.8, 4) is 0 Å². The van der Waals surface area contributed by atoms with E-state index in [4.69, 9.17) is 5.73 Å². The highest BCUT2D eigenvalue weighted by Gasteiger charge is 2.31. The van der Waals surface area contributed by atoms with Gasteiger partial charge in [0.05, 0.1) is 0 Å². The van der Waals surface area contributed by atoms with Crippen LogP contribution in [0.4, 0.5) is 5.69 Å². The molecule has 0 radical (unpaired) electrons. The van der Waals surface area contributed by atoms with Crippen molar-refractivity contribution in [2.75, 3.05) is 18.0 Å². The molecule has 1 aromatic rings. The second-order valence-corrected chi connectivity index (χ2v) is 6.17. The molecule has 1 aliphatic rings. The molecule has 1 saturated heterocycles. The summed E-state index contributed by atoms with van der Waals surface area (Å²) in [6.45, 7) is 10.0. The Morgan fingerprint density at radius 1 is 1.24 bits per heavy atom. The lowest BCUT2D eigenvalue weighted by Crippen LogP contribution is -2.25. The summed E-state index contributed by atoms with van der Waals surface area (Å²) in [6, 6.07) is 8.68. The van der Waals surface area contributed by atoms with Gasteiger partial charge in [0, 0.05) is 25.3 Å². The maximum Gasteiger partial charge on any atom is 0.0366 e. The SMILES string of the molecule is CC(C)(C)C1CCN(c2ccc(CN)cc2)C1. The van der Waals surface area contributed by atoms with E-state index < -0.39 is 0 Å². The maximum absolute atomic E-state index is 5.62. The van der Waals surface area contributed by atoms with Crippen LogP contribution >= 0.6 is 0 Å². The van der Waals surface area contributed by atoms with Crippen molar-refractivity contribution in [1.82, 2.24) is 0 Å². The predicted octanol–water partition coefficient (Wildman–Crippen LogP) is 3.02. The maximum atomic E-state index is 5.62. The highest BCUT2D eigenvalue weighted by atomic mass is 15.2. The van der Waals surface area contributed by atoms with Gasteiger partial charge < -0.3 is 10.6 Å². The van der Waals surface area contributed by atoms with Crippen molar-refractivity contribution in [3.05, 3.63) is 29.8 Å². The molecule has 1 atom stereocenters. The molecular formula is C15H24N2. The Bertz CT molecular complexity index is 362. The smallest absolute Gasteiger partial charge is 0.0366 e. The summed E-state index contributed by atoms with van der Waals surface area (Å²) >= 11 is 0. The van der Waals surface area contributed by atoms with E-state index in [0.717, 1.165) is 5.92 Å². The van der Waals surface area contributed by atoms with Gasteiger partial charge in [-0.25, -0.2) is 0 Å². The van der Waals surface area contributed by atoms with Gasteiger partial charge in [-0.3, -0.25) is 0 Å². The summed E-state index contributed by atoms with van der Waals surface area (Å²) in [5, 5.41) is 0. The minimum Gasteiger partial charge on any atom is -0.371 e. The molecule has 2 N–H and O–H groups in total.